The van der Waals surface area contributed by atoms with Crippen molar-refractivity contribution in [1.82, 2.24) is 14.1 Å². The van der Waals surface area contributed by atoms with E-state index in [-0.39, 0.29) is 42.0 Å². The van der Waals surface area contributed by atoms with Crippen LogP contribution < -0.4 is 0 Å². The Morgan fingerprint density at radius 2 is 1.58 bits per heavy atom. The number of rotatable bonds is 7. The van der Waals surface area contributed by atoms with Crippen LogP contribution in [0.2, 0.25) is 0 Å². The molecule has 206 valence electrons. The van der Waals surface area contributed by atoms with Crippen molar-refractivity contribution in [3.05, 3.63) is 0 Å². The molecule has 36 heavy (non-hydrogen) atoms. The Balaban J connectivity index is 1.55. The summed E-state index contributed by atoms with van der Waals surface area (Å²) in [5.74, 6) is 1.16. The van der Waals surface area contributed by atoms with Crippen molar-refractivity contribution in [3.63, 3.8) is 0 Å². The molecule has 1 heterocycles. The third-order valence-corrected chi connectivity index (χ3v) is 12.3. The normalized spacial score (nSPS) is 35.9. The van der Waals surface area contributed by atoms with E-state index in [0.717, 1.165) is 51.4 Å². The molecule has 0 N–H and O–H groups in total. The van der Waals surface area contributed by atoms with Crippen LogP contribution in [0, 0.1) is 17.8 Å². The predicted molar refractivity (Wildman–Crippen MR) is 140 cm³/mol. The molecule has 4 fully saturated rings. The molecule has 0 aromatic carbocycles. The maximum Gasteiger partial charge on any atom is 0.226 e. The quantitative estimate of drug-likeness (QED) is 0.509. The van der Waals surface area contributed by atoms with Crippen molar-refractivity contribution in [2.45, 2.75) is 115 Å². The lowest BCUT2D eigenvalue weighted by molar-refractivity contribution is -0.159. The van der Waals surface area contributed by atoms with E-state index in [1.54, 1.807) is 18.3 Å². The fourth-order valence-corrected chi connectivity index (χ4v) is 9.91. The van der Waals surface area contributed by atoms with Crippen LogP contribution in [-0.4, -0.2) is 90.6 Å². The highest BCUT2D eigenvalue weighted by Gasteiger charge is 2.50. The summed E-state index contributed by atoms with van der Waals surface area (Å²) < 4.78 is 34.3. The number of fused-ring (bicyclic) bond motifs is 1. The van der Waals surface area contributed by atoms with Crippen LogP contribution in [-0.2, 0) is 24.3 Å². The van der Waals surface area contributed by atoms with Gasteiger partial charge in [0.1, 0.15) is 5.25 Å². The van der Waals surface area contributed by atoms with E-state index >= 15 is 0 Å². The summed E-state index contributed by atoms with van der Waals surface area (Å²) in [5, 5.41) is -0.522. The molecule has 1 saturated heterocycles. The third-order valence-electron chi connectivity index (χ3n) is 9.81. The zero-order valence-electron chi connectivity index (χ0n) is 22.9. The molecular formula is C27H47N3O5S. The van der Waals surface area contributed by atoms with Gasteiger partial charge in [0.15, 0.2) is 0 Å². The summed E-state index contributed by atoms with van der Waals surface area (Å²) in [5.41, 5.74) is 0. The van der Waals surface area contributed by atoms with E-state index in [1.807, 2.05) is 18.7 Å². The fourth-order valence-electron chi connectivity index (χ4n) is 7.69. The highest BCUT2D eigenvalue weighted by atomic mass is 32.2. The van der Waals surface area contributed by atoms with Crippen molar-refractivity contribution in [2.24, 2.45) is 17.8 Å². The number of amides is 2. The number of nitrogens with zero attached hydrogens (tertiary/aromatic N) is 3. The van der Waals surface area contributed by atoms with Crippen molar-refractivity contribution in [3.8, 4) is 0 Å². The molecule has 8 nitrogen and oxygen atoms in total. The summed E-state index contributed by atoms with van der Waals surface area (Å²) in [6.45, 7) is 9.06. The second-order valence-electron chi connectivity index (χ2n) is 11.6. The molecule has 0 spiro atoms. The smallest absolute Gasteiger partial charge is 0.226 e. The maximum atomic E-state index is 13.5. The Morgan fingerprint density at radius 1 is 0.944 bits per heavy atom. The van der Waals surface area contributed by atoms with Crippen LogP contribution >= 0.6 is 0 Å². The summed E-state index contributed by atoms with van der Waals surface area (Å²) in [7, 11) is -1.82. The zero-order chi connectivity index (χ0) is 26.2. The molecule has 9 heteroatoms. The Labute approximate surface area is 218 Å². The van der Waals surface area contributed by atoms with Gasteiger partial charge in [0.25, 0.3) is 0 Å². The average Bonchev–Trinajstić information content (AvgIpc) is 2.82. The van der Waals surface area contributed by atoms with Crippen molar-refractivity contribution in [2.75, 3.05) is 26.7 Å². The van der Waals surface area contributed by atoms with Gasteiger partial charge in [-0.1, -0.05) is 20.3 Å². The Hall–Kier alpha value is -1.19. The van der Waals surface area contributed by atoms with Gasteiger partial charge in [-0.25, -0.2) is 12.7 Å². The topological polar surface area (TPSA) is 87.2 Å². The number of piperazine rings is 1. The molecule has 0 aromatic rings. The molecule has 6 unspecified atom stereocenters. The molecule has 1 aliphatic heterocycles. The largest absolute Gasteiger partial charge is 0.380 e. The molecular weight excluding hydrogens is 478 g/mol. The molecule has 4 rings (SSSR count). The summed E-state index contributed by atoms with van der Waals surface area (Å²) in [6, 6.07) is 0.136. The van der Waals surface area contributed by atoms with E-state index in [9.17, 15) is 18.0 Å². The van der Waals surface area contributed by atoms with Gasteiger partial charge in [-0.3, -0.25) is 9.59 Å². The van der Waals surface area contributed by atoms with E-state index in [2.05, 4.69) is 11.8 Å². The molecule has 7 atom stereocenters. The van der Waals surface area contributed by atoms with Gasteiger partial charge < -0.3 is 14.5 Å². The van der Waals surface area contributed by atoms with Crippen LogP contribution in [0.1, 0.15) is 85.5 Å². The van der Waals surface area contributed by atoms with E-state index < -0.39 is 15.3 Å². The minimum atomic E-state index is -3.45. The second kappa shape index (κ2) is 11.3. The molecule has 0 aromatic heterocycles. The standard InChI is InChI=1S/C27H47N3O5S/c1-6-28(7-2)36(33,34)26-16-22(12-14-25(26)35-5)21-11-13-23-24(15-21)29(27(32)20-9-8-10-20)17-18(3)30(23)19(4)31/h18,20-26H,6-17H2,1-5H3/t18-,21?,22?,23?,24?,25?,26?/m0/s1. The Morgan fingerprint density at radius 3 is 2.14 bits per heavy atom. The van der Waals surface area contributed by atoms with Gasteiger partial charge in [-0.05, 0) is 70.1 Å². The minimum absolute atomic E-state index is 0.0325. The monoisotopic (exact) mass is 525 g/mol. The number of methoxy groups -OCH3 is 1. The van der Waals surface area contributed by atoms with Crippen LogP contribution in [0.15, 0.2) is 0 Å². The maximum absolute atomic E-state index is 13.5. The average molecular weight is 526 g/mol. The molecule has 3 aliphatic carbocycles. The van der Waals surface area contributed by atoms with Crippen molar-refractivity contribution < 1.29 is 22.7 Å². The molecule has 4 aliphatic rings. The second-order valence-corrected chi connectivity index (χ2v) is 13.8. The Kier molecular flexibility index (Phi) is 8.72. The summed E-state index contributed by atoms with van der Waals surface area (Å²) in [6.07, 6.45) is 7.84. The fraction of sp³-hybridized carbons (Fsp3) is 0.926. The van der Waals surface area contributed by atoms with Gasteiger partial charge in [0.2, 0.25) is 21.8 Å². The number of hydrogen-bond donors (Lipinski definition) is 0. The minimum Gasteiger partial charge on any atom is -0.380 e. The molecule has 3 saturated carbocycles. The van der Waals surface area contributed by atoms with Gasteiger partial charge >= 0.3 is 0 Å². The first kappa shape index (κ1) is 27.8. The Bertz CT molecular complexity index is 903. The summed E-state index contributed by atoms with van der Waals surface area (Å²) in [4.78, 5) is 30.2. The van der Waals surface area contributed by atoms with Crippen LogP contribution in [0.25, 0.3) is 0 Å². The lowest BCUT2D eigenvalue weighted by Crippen LogP contribution is -2.68. The van der Waals surface area contributed by atoms with Crippen LogP contribution in [0.4, 0.5) is 0 Å². The lowest BCUT2D eigenvalue weighted by atomic mass is 9.68. The zero-order valence-corrected chi connectivity index (χ0v) is 23.7. The third kappa shape index (κ3) is 5.08. The van der Waals surface area contributed by atoms with Crippen molar-refractivity contribution >= 4 is 21.8 Å². The van der Waals surface area contributed by atoms with E-state index in [1.165, 1.54) is 0 Å². The predicted octanol–water partition coefficient (Wildman–Crippen LogP) is 3.26. The van der Waals surface area contributed by atoms with Crippen LogP contribution in [0.5, 0.6) is 0 Å². The lowest BCUT2D eigenvalue weighted by Gasteiger charge is -2.56. The van der Waals surface area contributed by atoms with Crippen molar-refractivity contribution in [1.29, 1.82) is 0 Å². The molecule has 2 amide bonds. The van der Waals surface area contributed by atoms with E-state index in [0.29, 0.717) is 37.9 Å². The number of ether oxygens (including phenoxy) is 1. The van der Waals surface area contributed by atoms with Gasteiger partial charge in [-0.2, -0.15) is 0 Å². The highest BCUT2D eigenvalue weighted by molar-refractivity contribution is 7.89. The first-order valence-electron chi connectivity index (χ1n) is 14.2. The number of hydrogen-bond acceptors (Lipinski definition) is 5. The number of carbonyl (C=O) groups excluding carboxylic acids is 2. The molecule has 0 radical (unpaired) electrons. The van der Waals surface area contributed by atoms with Crippen LogP contribution in [0.3, 0.4) is 0 Å². The highest BCUT2D eigenvalue weighted by Crippen LogP contribution is 2.45. The summed E-state index contributed by atoms with van der Waals surface area (Å²) >= 11 is 0. The molecule has 0 bridgehead atoms. The first-order chi connectivity index (χ1) is 17.1. The van der Waals surface area contributed by atoms with Gasteiger partial charge in [0.05, 0.1) is 18.2 Å². The van der Waals surface area contributed by atoms with Gasteiger partial charge in [0, 0.05) is 45.6 Å². The van der Waals surface area contributed by atoms with Gasteiger partial charge in [-0.15, -0.1) is 0 Å². The first-order valence-corrected chi connectivity index (χ1v) is 15.7. The number of sulfonamides is 1. The number of carbonyl (C=O) groups is 2. The SMILES string of the molecule is CCN(CC)S(=O)(=O)C1CC(C2CCC3C(C2)N(C(=O)C2CCC2)C[C@H](C)N3C(C)=O)CCC1OC. The van der Waals surface area contributed by atoms with E-state index in [4.69, 9.17) is 4.74 Å².